The summed E-state index contributed by atoms with van der Waals surface area (Å²) in [6.45, 7) is 1.68. The minimum atomic E-state index is -0.584. The number of amides is 2. The maximum atomic E-state index is 15.3. The molecule has 0 saturated carbocycles. The Labute approximate surface area is 248 Å². The highest BCUT2D eigenvalue weighted by atomic mass is 35.5. The molecule has 0 aliphatic carbocycles. The van der Waals surface area contributed by atoms with E-state index in [0.29, 0.717) is 61.2 Å². The van der Waals surface area contributed by atoms with Gasteiger partial charge in [0.05, 0.1) is 26.2 Å². The zero-order valence-corrected chi connectivity index (χ0v) is 24.2. The third kappa shape index (κ3) is 6.20. The summed E-state index contributed by atoms with van der Waals surface area (Å²) < 4.78 is 25.6. The standard InChI is InChI=1S/C30H33ClFN5O5/c1-41-21-9-10-22(25(32)16-21)23-17-36(27-11-12-28(38)34-33-27)18-24(23)29(39)35-13-3-4-26(19-5-7-20(31)8-6-19)37(15-14-35)30(40)42-2/h5-12,16,23-24,26H,3-4,13-15,17-18H2,1-2H3,(H,34,38)/t23-,24+,26+/m0/s1. The molecule has 0 unspecified atom stereocenters. The molecule has 10 nitrogen and oxygen atoms in total. The summed E-state index contributed by atoms with van der Waals surface area (Å²) in [6, 6.07) is 14.8. The third-order valence-corrected chi connectivity index (χ3v) is 8.35. The van der Waals surface area contributed by atoms with Gasteiger partial charge in [0.2, 0.25) is 5.91 Å². The fourth-order valence-electron chi connectivity index (χ4n) is 5.95. The maximum Gasteiger partial charge on any atom is 0.410 e. The number of hydrogen-bond acceptors (Lipinski definition) is 7. The van der Waals surface area contributed by atoms with Gasteiger partial charge in [-0.15, -0.1) is 0 Å². The number of aromatic amines is 1. The molecule has 2 amide bonds. The van der Waals surface area contributed by atoms with Gasteiger partial charge in [-0.2, -0.15) is 5.10 Å². The van der Waals surface area contributed by atoms with Crippen molar-refractivity contribution >= 4 is 29.4 Å². The van der Waals surface area contributed by atoms with E-state index in [1.54, 1.807) is 40.1 Å². The van der Waals surface area contributed by atoms with E-state index in [1.165, 1.54) is 26.4 Å². The van der Waals surface area contributed by atoms with E-state index >= 15 is 4.39 Å². The van der Waals surface area contributed by atoms with Crippen LogP contribution in [0.25, 0.3) is 0 Å². The van der Waals surface area contributed by atoms with Crippen molar-refractivity contribution in [1.29, 1.82) is 0 Å². The fourth-order valence-corrected chi connectivity index (χ4v) is 6.08. The normalized spacial score (nSPS) is 21.0. The van der Waals surface area contributed by atoms with Gasteiger partial charge in [0.25, 0.3) is 5.56 Å². The molecular weight excluding hydrogens is 565 g/mol. The van der Waals surface area contributed by atoms with Crippen LogP contribution in [0.2, 0.25) is 5.02 Å². The minimum Gasteiger partial charge on any atom is -0.497 e. The summed E-state index contributed by atoms with van der Waals surface area (Å²) in [7, 11) is 2.81. The average Bonchev–Trinajstić information content (AvgIpc) is 3.42. The van der Waals surface area contributed by atoms with E-state index in [1.807, 2.05) is 17.0 Å². The molecular formula is C30H33ClFN5O5. The molecule has 2 aliphatic rings. The van der Waals surface area contributed by atoms with Gasteiger partial charge in [-0.05, 0) is 48.2 Å². The molecule has 1 aromatic heterocycles. The molecule has 3 atom stereocenters. The molecule has 0 bridgehead atoms. The molecule has 2 aliphatic heterocycles. The van der Waals surface area contributed by atoms with Crippen molar-refractivity contribution in [3.8, 4) is 5.75 Å². The molecule has 42 heavy (non-hydrogen) atoms. The van der Waals surface area contributed by atoms with Crippen LogP contribution in [-0.4, -0.2) is 78.9 Å². The number of methoxy groups -OCH3 is 2. The number of hydrogen-bond donors (Lipinski definition) is 1. The van der Waals surface area contributed by atoms with E-state index in [9.17, 15) is 14.4 Å². The Morgan fingerprint density at radius 2 is 1.81 bits per heavy atom. The maximum absolute atomic E-state index is 15.3. The highest BCUT2D eigenvalue weighted by molar-refractivity contribution is 6.30. The topological polar surface area (TPSA) is 108 Å². The van der Waals surface area contributed by atoms with E-state index in [0.717, 1.165) is 5.56 Å². The second-order valence-electron chi connectivity index (χ2n) is 10.5. The number of anilines is 1. The van der Waals surface area contributed by atoms with Crippen molar-refractivity contribution < 1.29 is 23.5 Å². The first kappa shape index (κ1) is 29.4. The molecule has 5 rings (SSSR count). The Morgan fingerprint density at radius 1 is 1.02 bits per heavy atom. The molecule has 2 fully saturated rings. The van der Waals surface area contributed by atoms with Crippen LogP contribution in [0.15, 0.2) is 59.4 Å². The van der Waals surface area contributed by atoms with E-state index < -0.39 is 23.7 Å². The molecule has 12 heteroatoms. The second kappa shape index (κ2) is 12.8. The Morgan fingerprint density at radius 3 is 2.48 bits per heavy atom. The van der Waals surface area contributed by atoms with Gasteiger partial charge >= 0.3 is 6.09 Å². The van der Waals surface area contributed by atoms with E-state index in [2.05, 4.69) is 10.2 Å². The van der Waals surface area contributed by atoms with Crippen molar-refractivity contribution in [1.82, 2.24) is 20.0 Å². The van der Waals surface area contributed by atoms with Gasteiger partial charge in [0.1, 0.15) is 17.4 Å². The fraction of sp³-hybridized carbons (Fsp3) is 0.400. The number of H-pyrrole nitrogens is 1. The number of nitrogens with one attached hydrogen (secondary N) is 1. The summed E-state index contributed by atoms with van der Waals surface area (Å²) in [4.78, 5) is 43.9. The Balaban J connectivity index is 1.40. The summed E-state index contributed by atoms with van der Waals surface area (Å²) in [5.74, 6) is -0.751. The number of carbonyl (C=O) groups excluding carboxylic acids is 2. The van der Waals surface area contributed by atoms with Crippen LogP contribution in [0.3, 0.4) is 0 Å². The van der Waals surface area contributed by atoms with Crippen LogP contribution in [0.1, 0.15) is 35.9 Å². The molecule has 222 valence electrons. The Kier molecular flexibility index (Phi) is 8.96. The number of nitrogens with zero attached hydrogens (tertiary/aromatic N) is 4. The average molecular weight is 598 g/mol. The quantitative estimate of drug-likeness (QED) is 0.469. The number of benzene rings is 2. The van der Waals surface area contributed by atoms with Gasteiger partial charge in [-0.3, -0.25) is 14.5 Å². The largest absolute Gasteiger partial charge is 0.497 e. The summed E-state index contributed by atoms with van der Waals surface area (Å²) in [6.07, 6.45) is 0.792. The minimum absolute atomic E-state index is 0.128. The van der Waals surface area contributed by atoms with Crippen LogP contribution < -0.4 is 15.2 Å². The van der Waals surface area contributed by atoms with Gasteiger partial charge in [-0.1, -0.05) is 29.8 Å². The Hall–Kier alpha value is -4.12. The summed E-state index contributed by atoms with van der Waals surface area (Å²) in [5, 5.41) is 7.18. The predicted octanol–water partition coefficient (Wildman–Crippen LogP) is 4.22. The highest BCUT2D eigenvalue weighted by Gasteiger charge is 2.42. The van der Waals surface area contributed by atoms with Crippen molar-refractivity contribution in [2.24, 2.45) is 5.92 Å². The predicted molar refractivity (Wildman–Crippen MR) is 155 cm³/mol. The summed E-state index contributed by atoms with van der Waals surface area (Å²) in [5.41, 5.74) is 1.02. The Bertz CT molecular complexity index is 1470. The van der Waals surface area contributed by atoms with E-state index in [4.69, 9.17) is 21.1 Å². The van der Waals surface area contributed by atoms with Crippen molar-refractivity contribution in [2.45, 2.75) is 24.8 Å². The van der Waals surface area contributed by atoms with Crippen LogP contribution in [0, 0.1) is 11.7 Å². The first-order valence-electron chi connectivity index (χ1n) is 13.8. The summed E-state index contributed by atoms with van der Waals surface area (Å²) >= 11 is 6.09. The lowest BCUT2D eigenvalue weighted by molar-refractivity contribution is -0.136. The molecule has 0 spiro atoms. The number of halogens is 2. The number of carbonyl (C=O) groups is 2. The zero-order chi connectivity index (χ0) is 29.8. The van der Waals surface area contributed by atoms with Crippen molar-refractivity contribution in [3.63, 3.8) is 0 Å². The van der Waals surface area contributed by atoms with Crippen LogP contribution >= 0.6 is 11.6 Å². The van der Waals surface area contributed by atoms with Crippen molar-refractivity contribution in [3.05, 3.63) is 86.9 Å². The third-order valence-electron chi connectivity index (χ3n) is 8.10. The lowest BCUT2D eigenvalue weighted by atomic mass is 9.87. The first-order valence-corrected chi connectivity index (χ1v) is 14.2. The van der Waals surface area contributed by atoms with Gasteiger partial charge in [0.15, 0.2) is 0 Å². The molecule has 3 aromatic rings. The smallest absolute Gasteiger partial charge is 0.410 e. The molecule has 0 radical (unpaired) electrons. The van der Waals surface area contributed by atoms with E-state index in [-0.39, 0.29) is 24.1 Å². The molecule has 3 heterocycles. The second-order valence-corrected chi connectivity index (χ2v) is 10.9. The SMILES string of the molecule is COC(=O)N1CCN(C(=O)[C@@H]2CN(c3ccc(=O)[nH]n3)C[C@H]2c2ccc(OC)cc2F)CCC[C@@H]1c1ccc(Cl)cc1. The van der Waals surface area contributed by atoms with Gasteiger partial charge < -0.3 is 19.3 Å². The highest BCUT2D eigenvalue weighted by Crippen LogP contribution is 2.38. The van der Waals surface area contributed by atoms with Gasteiger partial charge in [-0.25, -0.2) is 14.3 Å². The lowest BCUT2D eigenvalue weighted by Gasteiger charge is -2.37. The monoisotopic (exact) mass is 597 g/mol. The van der Waals surface area contributed by atoms with Crippen LogP contribution in [0.5, 0.6) is 5.75 Å². The zero-order valence-electron chi connectivity index (χ0n) is 23.5. The van der Waals surface area contributed by atoms with Crippen molar-refractivity contribution in [2.75, 3.05) is 51.8 Å². The lowest BCUT2D eigenvalue weighted by Crippen LogP contribution is -2.47. The molecule has 2 saturated heterocycles. The number of rotatable bonds is 5. The number of aromatic nitrogens is 2. The van der Waals surface area contributed by atoms with Crippen LogP contribution in [-0.2, 0) is 9.53 Å². The van der Waals surface area contributed by atoms with Crippen LogP contribution in [0.4, 0.5) is 15.0 Å². The molecule has 1 N–H and O–H groups in total. The first-order chi connectivity index (χ1) is 20.3. The number of ether oxygens (including phenoxy) is 2. The molecule has 2 aromatic carbocycles. The van der Waals surface area contributed by atoms with Gasteiger partial charge in [0, 0.05) is 55.8 Å².